The van der Waals surface area contributed by atoms with Gasteiger partial charge in [0.25, 0.3) is 0 Å². The summed E-state index contributed by atoms with van der Waals surface area (Å²) < 4.78 is 29.4. The molecule has 0 spiro atoms. The normalized spacial score (nSPS) is 10.8. The maximum atomic E-state index is 12.1. The summed E-state index contributed by atoms with van der Waals surface area (Å²) >= 11 is 2.92. The highest BCUT2D eigenvalue weighted by Crippen LogP contribution is 2.27. The minimum absolute atomic E-state index is 0.0703. The maximum Gasteiger partial charge on any atom is 0.387 e. The summed E-state index contributed by atoms with van der Waals surface area (Å²) in [6, 6.07) is 16.3. The molecule has 146 valence electrons. The Kier molecular flexibility index (Phi) is 7.39. The summed E-state index contributed by atoms with van der Waals surface area (Å²) in [7, 11) is 0. The second-order valence-corrected chi connectivity index (χ2v) is 7.86. The Bertz CT molecular complexity index is 887. The van der Waals surface area contributed by atoms with Gasteiger partial charge >= 0.3 is 6.61 Å². The molecule has 0 saturated carbocycles. The van der Waals surface area contributed by atoms with Gasteiger partial charge in [-0.3, -0.25) is 4.79 Å². The van der Waals surface area contributed by atoms with E-state index in [0.717, 1.165) is 21.2 Å². The number of thiazole rings is 1. The fourth-order valence-electron chi connectivity index (χ4n) is 2.43. The SMILES string of the molecule is O=C(CSc1nc(-c2ccccc2)cs1)NCCc1ccc(OC(F)F)cc1. The van der Waals surface area contributed by atoms with Crippen molar-refractivity contribution in [3.8, 4) is 17.0 Å². The number of thioether (sulfide) groups is 1. The predicted octanol–water partition coefficient (Wildman–Crippen LogP) is 4.86. The summed E-state index contributed by atoms with van der Waals surface area (Å²) in [5.74, 6) is 0.347. The molecule has 2 aromatic carbocycles. The standard InChI is InChI=1S/C20H18F2N2O2S2/c21-19(22)26-16-8-6-14(7-9-16)10-11-23-18(25)13-28-20-24-17(12-27-20)15-4-2-1-3-5-15/h1-9,12,19H,10-11,13H2,(H,23,25). The molecule has 3 aromatic rings. The van der Waals surface area contributed by atoms with Gasteiger partial charge in [-0.1, -0.05) is 54.2 Å². The highest BCUT2D eigenvalue weighted by molar-refractivity contribution is 8.01. The van der Waals surface area contributed by atoms with Crippen molar-refractivity contribution in [2.24, 2.45) is 0 Å². The van der Waals surface area contributed by atoms with E-state index in [9.17, 15) is 13.6 Å². The topological polar surface area (TPSA) is 51.2 Å². The molecule has 0 aliphatic heterocycles. The first-order valence-electron chi connectivity index (χ1n) is 8.54. The lowest BCUT2D eigenvalue weighted by Gasteiger charge is -2.07. The largest absolute Gasteiger partial charge is 0.435 e. The average Bonchev–Trinajstić information content (AvgIpc) is 3.17. The molecule has 4 nitrogen and oxygen atoms in total. The van der Waals surface area contributed by atoms with Gasteiger partial charge in [-0.15, -0.1) is 11.3 Å². The number of hydrogen-bond acceptors (Lipinski definition) is 5. The number of nitrogens with zero attached hydrogens (tertiary/aromatic N) is 1. The number of carbonyl (C=O) groups is 1. The number of hydrogen-bond donors (Lipinski definition) is 1. The van der Waals surface area contributed by atoms with Crippen LogP contribution in [-0.4, -0.2) is 29.8 Å². The fraction of sp³-hybridized carbons (Fsp3) is 0.200. The summed E-state index contributed by atoms with van der Waals surface area (Å²) in [6.07, 6.45) is 0.612. The van der Waals surface area contributed by atoms with Gasteiger partial charge in [-0.25, -0.2) is 4.98 Å². The maximum absolute atomic E-state index is 12.1. The number of benzene rings is 2. The first kappa shape index (κ1) is 20.3. The molecule has 0 atom stereocenters. The Labute approximate surface area is 170 Å². The van der Waals surface area contributed by atoms with Gasteiger partial charge in [0.1, 0.15) is 5.75 Å². The van der Waals surface area contributed by atoms with E-state index in [2.05, 4.69) is 15.0 Å². The molecule has 0 aliphatic carbocycles. The third-order valence-corrected chi connectivity index (χ3v) is 5.78. The quantitative estimate of drug-likeness (QED) is 0.502. The highest BCUT2D eigenvalue weighted by Gasteiger charge is 2.08. The van der Waals surface area contributed by atoms with Crippen LogP contribution in [0.4, 0.5) is 8.78 Å². The molecule has 8 heteroatoms. The smallest absolute Gasteiger partial charge is 0.387 e. The van der Waals surface area contributed by atoms with E-state index < -0.39 is 6.61 Å². The van der Waals surface area contributed by atoms with Crippen LogP contribution >= 0.6 is 23.1 Å². The molecule has 0 radical (unpaired) electrons. The van der Waals surface area contributed by atoms with Crippen LogP contribution in [0, 0.1) is 0 Å². The first-order chi connectivity index (χ1) is 13.6. The lowest BCUT2D eigenvalue weighted by Crippen LogP contribution is -2.27. The molecule has 1 amide bonds. The summed E-state index contributed by atoms with van der Waals surface area (Å²) in [5, 5.41) is 4.84. The zero-order valence-electron chi connectivity index (χ0n) is 14.8. The zero-order valence-corrected chi connectivity index (χ0v) is 16.4. The van der Waals surface area contributed by atoms with Crippen molar-refractivity contribution in [2.75, 3.05) is 12.3 Å². The van der Waals surface area contributed by atoms with E-state index in [1.54, 1.807) is 12.1 Å². The van der Waals surface area contributed by atoms with Crippen molar-refractivity contribution in [1.29, 1.82) is 0 Å². The van der Waals surface area contributed by atoms with Gasteiger partial charge in [-0.2, -0.15) is 8.78 Å². The van der Waals surface area contributed by atoms with E-state index in [0.29, 0.717) is 18.7 Å². The molecule has 0 fully saturated rings. The molecule has 0 unspecified atom stereocenters. The fourth-order valence-corrected chi connectivity index (χ4v) is 4.09. The van der Waals surface area contributed by atoms with Crippen LogP contribution in [0.5, 0.6) is 5.75 Å². The van der Waals surface area contributed by atoms with Crippen molar-refractivity contribution in [3.05, 3.63) is 65.5 Å². The Morgan fingerprint density at radius 2 is 1.89 bits per heavy atom. The first-order valence-corrected chi connectivity index (χ1v) is 10.4. The van der Waals surface area contributed by atoms with Crippen molar-refractivity contribution < 1.29 is 18.3 Å². The van der Waals surface area contributed by atoms with Crippen LogP contribution in [0.3, 0.4) is 0 Å². The molecule has 0 bridgehead atoms. The number of alkyl halides is 2. The third kappa shape index (κ3) is 6.31. The Balaban J connectivity index is 1.38. The van der Waals surface area contributed by atoms with Crippen molar-refractivity contribution in [2.45, 2.75) is 17.4 Å². The average molecular weight is 421 g/mol. The van der Waals surface area contributed by atoms with Crippen LogP contribution in [-0.2, 0) is 11.2 Å². The van der Waals surface area contributed by atoms with Gasteiger partial charge in [0, 0.05) is 17.5 Å². The number of nitrogens with one attached hydrogen (secondary N) is 1. The molecule has 0 aliphatic rings. The predicted molar refractivity (Wildman–Crippen MR) is 108 cm³/mol. The van der Waals surface area contributed by atoms with Crippen molar-refractivity contribution in [1.82, 2.24) is 10.3 Å². The molecule has 1 N–H and O–H groups in total. The van der Waals surface area contributed by atoms with Crippen LogP contribution in [0.1, 0.15) is 5.56 Å². The number of amides is 1. The Morgan fingerprint density at radius 1 is 1.14 bits per heavy atom. The number of aromatic nitrogens is 1. The molecule has 1 heterocycles. The molecular formula is C20H18F2N2O2S2. The Morgan fingerprint density at radius 3 is 2.61 bits per heavy atom. The molecule has 3 rings (SSSR count). The van der Waals surface area contributed by atoms with Crippen LogP contribution in [0.2, 0.25) is 0 Å². The second-order valence-electron chi connectivity index (χ2n) is 5.78. The second kappa shape index (κ2) is 10.2. The minimum atomic E-state index is -2.83. The van der Waals surface area contributed by atoms with Gasteiger partial charge < -0.3 is 10.1 Å². The monoisotopic (exact) mass is 420 g/mol. The number of carbonyl (C=O) groups excluding carboxylic acids is 1. The van der Waals surface area contributed by atoms with Gasteiger partial charge in [0.05, 0.1) is 11.4 Å². The van der Waals surface area contributed by atoms with E-state index in [-0.39, 0.29) is 11.7 Å². The summed E-state index contributed by atoms with van der Waals surface area (Å²) in [5.41, 5.74) is 2.90. The molecule has 28 heavy (non-hydrogen) atoms. The van der Waals surface area contributed by atoms with Gasteiger partial charge in [-0.05, 0) is 24.1 Å². The van der Waals surface area contributed by atoms with E-state index >= 15 is 0 Å². The van der Waals surface area contributed by atoms with Crippen molar-refractivity contribution in [3.63, 3.8) is 0 Å². The Hall–Kier alpha value is -2.45. The van der Waals surface area contributed by atoms with Crippen LogP contribution < -0.4 is 10.1 Å². The van der Waals surface area contributed by atoms with Crippen LogP contribution in [0.15, 0.2) is 64.3 Å². The minimum Gasteiger partial charge on any atom is -0.435 e. The molecular weight excluding hydrogens is 402 g/mol. The number of halogens is 2. The number of rotatable bonds is 9. The van der Waals surface area contributed by atoms with Crippen LogP contribution in [0.25, 0.3) is 11.3 Å². The molecule has 1 aromatic heterocycles. The van der Waals surface area contributed by atoms with Gasteiger partial charge in [0.15, 0.2) is 4.34 Å². The van der Waals surface area contributed by atoms with E-state index in [4.69, 9.17) is 0 Å². The third-order valence-electron chi connectivity index (χ3n) is 3.76. The summed E-state index contributed by atoms with van der Waals surface area (Å²) in [6.45, 7) is -2.36. The van der Waals surface area contributed by atoms with E-state index in [1.807, 2.05) is 35.7 Å². The zero-order chi connectivity index (χ0) is 19.8. The van der Waals surface area contributed by atoms with Crippen molar-refractivity contribution >= 4 is 29.0 Å². The van der Waals surface area contributed by atoms with Gasteiger partial charge in [0.2, 0.25) is 5.91 Å². The highest BCUT2D eigenvalue weighted by atomic mass is 32.2. The molecule has 0 saturated heterocycles. The lowest BCUT2D eigenvalue weighted by molar-refractivity contribution is -0.118. The summed E-state index contributed by atoms with van der Waals surface area (Å²) in [4.78, 5) is 16.5. The van der Waals surface area contributed by atoms with E-state index in [1.165, 1.54) is 35.2 Å². The number of ether oxygens (including phenoxy) is 1. The lowest BCUT2D eigenvalue weighted by atomic mass is 10.1.